The first-order valence-electron chi connectivity index (χ1n) is 12.9. The molecule has 0 radical (unpaired) electrons. The highest BCUT2D eigenvalue weighted by atomic mass is 16.5. The van der Waals surface area contributed by atoms with E-state index in [-0.39, 0.29) is 5.91 Å². The van der Waals surface area contributed by atoms with E-state index >= 15 is 0 Å². The van der Waals surface area contributed by atoms with Gasteiger partial charge in [0.25, 0.3) is 5.91 Å². The van der Waals surface area contributed by atoms with Crippen LogP contribution in [0.2, 0.25) is 0 Å². The molecule has 2 aliphatic rings. The minimum atomic E-state index is -0.140. The van der Waals surface area contributed by atoms with E-state index in [4.69, 9.17) is 9.72 Å². The highest BCUT2D eigenvalue weighted by Crippen LogP contribution is 2.33. The second-order valence-corrected chi connectivity index (χ2v) is 9.13. The van der Waals surface area contributed by atoms with Crippen LogP contribution < -0.4 is 15.4 Å². The van der Waals surface area contributed by atoms with Gasteiger partial charge in [-0.15, -0.1) is 0 Å². The van der Waals surface area contributed by atoms with Crippen molar-refractivity contribution in [2.24, 2.45) is 5.92 Å². The molecule has 1 aromatic carbocycles. The Morgan fingerprint density at radius 2 is 1.82 bits per heavy atom. The Hall–Kier alpha value is -2.34. The van der Waals surface area contributed by atoms with Crippen LogP contribution in [0.3, 0.4) is 0 Å². The number of piperidine rings is 1. The summed E-state index contributed by atoms with van der Waals surface area (Å²) in [5.74, 6) is 2.27. The molecule has 1 aliphatic carbocycles. The zero-order chi connectivity index (χ0) is 23.5. The molecule has 0 spiro atoms. The van der Waals surface area contributed by atoms with Crippen molar-refractivity contribution in [3.63, 3.8) is 0 Å². The Bertz CT molecular complexity index is 855. The maximum atomic E-state index is 12.3. The molecule has 33 heavy (non-hydrogen) atoms. The van der Waals surface area contributed by atoms with E-state index in [0.717, 1.165) is 41.7 Å². The minimum Gasteiger partial charge on any atom is -0.493 e. The predicted octanol–water partition coefficient (Wildman–Crippen LogP) is 5.35. The summed E-state index contributed by atoms with van der Waals surface area (Å²) in [5, 5.41) is 6.00. The molecule has 2 fully saturated rings. The van der Waals surface area contributed by atoms with Crippen LogP contribution in [0.4, 0.5) is 0 Å². The molecule has 6 nitrogen and oxygen atoms in total. The molecule has 182 valence electrons. The lowest BCUT2D eigenvalue weighted by atomic mass is 9.87. The molecule has 2 heterocycles. The zero-order valence-electron chi connectivity index (χ0n) is 20.8. The first-order chi connectivity index (χ1) is 16.2. The lowest BCUT2D eigenvalue weighted by Gasteiger charge is -2.22. The molecule has 1 aromatic heterocycles. The number of benzene rings is 1. The standard InChI is InChI=1S/C22H31N3O2.C5H11N/c1-4-27-19-13-9-8-12-18(19)21-24-20(22(26)23-3)16(2)25(21)15-14-17-10-6-5-7-11-17;1-2-4-6-5-3-1/h8-9,12-13,17H,4-7,10-11,14-15H2,1-3H3,(H,23,26);6H,1-5H2. The Labute approximate surface area is 199 Å². The quantitative estimate of drug-likeness (QED) is 0.592. The summed E-state index contributed by atoms with van der Waals surface area (Å²) in [6.45, 7) is 7.95. The zero-order valence-corrected chi connectivity index (χ0v) is 20.8. The third-order valence-electron chi connectivity index (χ3n) is 6.78. The van der Waals surface area contributed by atoms with Crippen molar-refractivity contribution >= 4 is 5.91 Å². The Balaban J connectivity index is 0.000000442. The molecule has 0 unspecified atom stereocenters. The number of amides is 1. The molecule has 6 heteroatoms. The van der Waals surface area contributed by atoms with Crippen molar-refractivity contribution in [2.45, 2.75) is 78.2 Å². The average molecular weight is 455 g/mol. The first kappa shape index (κ1) is 25.3. The van der Waals surface area contributed by atoms with Crippen LogP contribution in [-0.2, 0) is 6.54 Å². The molecule has 0 atom stereocenters. The third kappa shape index (κ3) is 7.07. The fourth-order valence-electron chi connectivity index (χ4n) is 4.87. The van der Waals surface area contributed by atoms with Crippen LogP contribution in [0.5, 0.6) is 5.75 Å². The maximum Gasteiger partial charge on any atom is 0.271 e. The summed E-state index contributed by atoms with van der Waals surface area (Å²) < 4.78 is 8.03. The van der Waals surface area contributed by atoms with Crippen molar-refractivity contribution in [3.8, 4) is 17.1 Å². The Morgan fingerprint density at radius 1 is 1.12 bits per heavy atom. The van der Waals surface area contributed by atoms with E-state index < -0.39 is 0 Å². The summed E-state index contributed by atoms with van der Waals surface area (Å²) in [4.78, 5) is 17.1. The highest BCUT2D eigenvalue weighted by Gasteiger charge is 2.23. The molecular weight excluding hydrogens is 412 g/mol. The van der Waals surface area contributed by atoms with Gasteiger partial charge in [-0.1, -0.05) is 50.7 Å². The van der Waals surface area contributed by atoms with Crippen LogP contribution in [0.1, 0.15) is 80.9 Å². The predicted molar refractivity (Wildman–Crippen MR) is 135 cm³/mol. The Kier molecular flexibility index (Phi) is 10.3. The van der Waals surface area contributed by atoms with Crippen molar-refractivity contribution in [3.05, 3.63) is 35.7 Å². The van der Waals surface area contributed by atoms with Gasteiger partial charge < -0.3 is 19.9 Å². The van der Waals surface area contributed by atoms with Gasteiger partial charge in [-0.3, -0.25) is 4.79 Å². The fourth-order valence-corrected chi connectivity index (χ4v) is 4.87. The van der Waals surface area contributed by atoms with Crippen LogP contribution in [0, 0.1) is 12.8 Å². The summed E-state index contributed by atoms with van der Waals surface area (Å²) in [5.41, 5.74) is 2.37. The second kappa shape index (κ2) is 13.4. The number of nitrogens with zero attached hydrogens (tertiary/aromatic N) is 2. The molecular formula is C27H42N4O2. The highest BCUT2D eigenvalue weighted by molar-refractivity contribution is 5.94. The molecule has 0 bridgehead atoms. The Morgan fingerprint density at radius 3 is 2.42 bits per heavy atom. The summed E-state index contributed by atoms with van der Waals surface area (Å²) in [6.07, 6.45) is 12.0. The number of rotatable bonds is 7. The van der Waals surface area contributed by atoms with Crippen molar-refractivity contribution in [1.82, 2.24) is 20.2 Å². The average Bonchev–Trinajstić information content (AvgIpc) is 3.20. The van der Waals surface area contributed by atoms with Gasteiger partial charge >= 0.3 is 0 Å². The largest absolute Gasteiger partial charge is 0.493 e. The van der Waals surface area contributed by atoms with Gasteiger partial charge in [-0.2, -0.15) is 0 Å². The number of nitrogens with one attached hydrogen (secondary N) is 2. The van der Waals surface area contributed by atoms with Gasteiger partial charge in [0.05, 0.1) is 12.2 Å². The van der Waals surface area contributed by atoms with Gasteiger partial charge in [0.1, 0.15) is 17.3 Å². The van der Waals surface area contributed by atoms with Crippen molar-refractivity contribution in [2.75, 3.05) is 26.7 Å². The van der Waals surface area contributed by atoms with Crippen LogP contribution >= 0.6 is 0 Å². The number of carbonyl (C=O) groups excluding carboxylic acids is 1. The molecule has 1 saturated carbocycles. The molecule has 1 amide bonds. The topological polar surface area (TPSA) is 68.2 Å². The number of ether oxygens (including phenoxy) is 1. The van der Waals surface area contributed by atoms with Gasteiger partial charge in [-0.05, 0) is 64.3 Å². The van der Waals surface area contributed by atoms with Crippen molar-refractivity contribution < 1.29 is 9.53 Å². The number of para-hydroxylation sites is 1. The number of hydrogen-bond acceptors (Lipinski definition) is 4. The maximum absolute atomic E-state index is 12.3. The van der Waals surface area contributed by atoms with E-state index in [1.165, 1.54) is 64.5 Å². The molecule has 2 N–H and O–H groups in total. The third-order valence-corrected chi connectivity index (χ3v) is 6.78. The first-order valence-corrected chi connectivity index (χ1v) is 12.9. The lowest BCUT2D eigenvalue weighted by Crippen LogP contribution is -2.21. The molecule has 4 rings (SSSR count). The molecule has 1 aliphatic heterocycles. The second-order valence-electron chi connectivity index (χ2n) is 9.13. The number of imidazole rings is 1. The minimum absolute atomic E-state index is 0.140. The smallest absolute Gasteiger partial charge is 0.271 e. The van der Waals surface area contributed by atoms with Crippen LogP contribution in [0.25, 0.3) is 11.4 Å². The summed E-state index contributed by atoms with van der Waals surface area (Å²) >= 11 is 0. The van der Waals surface area contributed by atoms with Gasteiger partial charge in [-0.25, -0.2) is 4.98 Å². The molecule has 1 saturated heterocycles. The summed E-state index contributed by atoms with van der Waals surface area (Å²) in [7, 11) is 1.65. The monoisotopic (exact) mass is 454 g/mol. The molecule has 2 aromatic rings. The number of carbonyl (C=O) groups is 1. The van der Waals surface area contributed by atoms with E-state index in [1.807, 2.05) is 38.1 Å². The summed E-state index contributed by atoms with van der Waals surface area (Å²) in [6, 6.07) is 7.95. The van der Waals surface area contributed by atoms with Crippen molar-refractivity contribution in [1.29, 1.82) is 0 Å². The van der Waals surface area contributed by atoms with E-state index in [2.05, 4.69) is 15.2 Å². The number of aromatic nitrogens is 2. The van der Waals surface area contributed by atoms with Gasteiger partial charge in [0.2, 0.25) is 0 Å². The van der Waals surface area contributed by atoms with E-state index in [9.17, 15) is 4.79 Å². The normalized spacial score (nSPS) is 16.6. The van der Waals surface area contributed by atoms with E-state index in [0.29, 0.717) is 12.3 Å². The lowest BCUT2D eigenvalue weighted by molar-refractivity contribution is 0.0958. The van der Waals surface area contributed by atoms with Gasteiger partial charge in [0, 0.05) is 19.3 Å². The van der Waals surface area contributed by atoms with E-state index in [1.54, 1.807) is 7.05 Å². The van der Waals surface area contributed by atoms with Crippen LogP contribution in [-0.4, -0.2) is 42.2 Å². The van der Waals surface area contributed by atoms with Gasteiger partial charge in [0.15, 0.2) is 0 Å². The van der Waals surface area contributed by atoms with Crippen LogP contribution in [0.15, 0.2) is 24.3 Å². The fraction of sp³-hybridized carbons (Fsp3) is 0.630. The number of hydrogen-bond donors (Lipinski definition) is 2. The SMILES string of the molecule is C1CCNCC1.CCOc1ccccc1-c1nc(C(=O)NC)c(C)n1CCC1CCCCC1.